The average molecular weight is 1720 g/mol. The number of para-hydroxylation sites is 2. The van der Waals surface area contributed by atoms with Crippen molar-refractivity contribution >= 4 is 156 Å². The number of aromatic nitrogens is 6. The van der Waals surface area contributed by atoms with Gasteiger partial charge in [0, 0.05) is 98.1 Å². The molecule has 0 aliphatic rings. The maximum Gasteiger partial charge on any atom is 0.335 e. The second-order valence-electron chi connectivity index (χ2n) is 27.3. The van der Waals surface area contributed by atoms with Crippen LogP contribution < -0.4 is 49.5 Å². The molecule has 0 saturated carbocycles. The van der Waals surface area contributed by atoms with E-state index in [0.717, 1.165) is 5.69 Å². The van der Waals surface area contributed by atoms with E-state index in [1.807, 2.05) is 36.4 Å². The summed E-state index contributed by atoms with van der Waals surface area (Å²) >= 11 is 17.3. The smallest absolute Gasteiger partial charge is 0.335 e. The number of urea groups is 1. The highest BCUT2D eigenvalue weighted by Crippen LogP contribution is 2.28. The highest BCUT2D eigenvalue weighted by atomic mass is 35.5. The molecule has 0 aliphatic carbocycles. The lowest BCUT2D eigenvalue weighted by molar-refractivity contribution is -0.138. The molecule has 11 aromatic rings. The van der Waals surface area contributed by atoms with Gasteiger partial charge in [0.05, 0.1) is 56.8 Å². The molecule has 14 N–H and O–H groups in total. The lowest BCUT2D eigenvalue weighted by Crippen LogP contribution is -2.45. The Labute approximate surface area is 702 Å². The Balaban J connectivity index is 0.000000217. The first-order valence-electron chi connectivity index (χ1n) is 36.6. The minimum Gasteiger partial charge on any atom is -0.478 e. The number of carbonyl (C=O) groups is 12. The molecule has 3 heterocycles. The number of nitrogens with one attached hydrogen (secondary N) is 5. The lowest BCUT2D eigenvalue weighted by atomic mass is 10.1. The number of hydrogen-bond acceptors (Lipinski definition) is 16. The quantitative estimate of drug-likeness (QED) is 0.00942. The van der Waals surface area contributed by atoms with E-state index in [-0.39, 0.29) is 148 Å². The van der Waals surface area contributed by atoms with Gasteiger partial charge in [0.2, 0.25) is 41.4 Å². The number of benzene rings is 8. The van der Waals surface area contributed by atoms with Gasteiger partial charge in [-0.25, -0.2) is 22.8 Å². The molecule has 0 atom stereocenters. The number of aromatic carboxylic acids is 1. The van der Waals surface area contributed by atoms with Crippen LogP contribution in [0.5, 0.6) is 0 Å². The Morgan fingerprint density at radius 1 is 0.455 bits per heavy atom. The van der Waals surface area contributed by atoms with Gasteiger partial charge in [0.1, 0.15) is 37.1 Å². The van der Waals surface area contributed by atoms with E-state index >= 15 is 0 Å². The Hall–Kier alpha value is -14.4. The molecular formula is C81H81Cl3F3N21O13. The summed E-state index contributed by atoms with van der Waals surface area (Å²) in [5.74, 6) is -9.48. The maximum absolute atomic E-state index is 14.2. The SMILES string of the molecule is CC(C)N(CC(=O)NCc1cccc(Cl)c1F)C(=O)Cn1nc(C(N)=O)c2cc(C(=O)N=[N+]=[N-])ccc21.CC(C)N(CC(=O)NCc1cccc(Cl)c1F)C(=O)Cn1nc(C(N)=O)c2cc(C(=O)O)ccc21.CC(C)N(CC(=O)NCc1cccc(Cl)c1F)C(=O)Cn1nc(C(N)=O)c2cc(NC(=O)Nc3ccccc3)ccc21.Nc1ccccc1. The van der Waals surface area contributed by atoms with Crippen molar-refractivity contribution in [3.05, 3.63) is 258 Å². The summed E-state index contributed by atoms with van der Waals surface area (Å²) in [5.41, 5.74) is 33.2. The van der Waals surface area contributed by atoms with Crippen LogP contribution in [0.25, 0.3) is 43.2 Å². The zero-order chi connectivity index (χ0) is 88.6. The fourth-order valence-corrected chi connectivity index (χ4v) is 12.3. The Kier molecular flexibility index (Phi) is 32.4. The molecule has 0 spiro atoms. The summed E-state index contributed by atoms with van der Waals surface area (Å²) in [6.45, 7) is 8.16. The van der Waals surface area contributed by atoms with E-state index in [4.69, 9.17) is 63.3 Å². The number of carbonyl (C=O) groups excluding carboxylic acids is 11. The van der Waals surface area contributed by atoms with Gasteiger partial charge in [-0.05, 0) is 149 Å². The molecule has 0 saturated heterocycles. The predicted molar refractivity (Wildman–Crippen MR) is 445 cm³/mol. The summed E-state index contributed by atoms with van der Waals surface area (Å²) in [6, 6.07) is 42.9. The van der Waals surface area contributed by atoms with Gasteiger partial charge in [0.15, 0.2) is 17.1 Å². The van der Waals surface area contributed by atoms with Crippen molar-refractivity contribution in [1.82, 2.24) is 60.0 Å². The van der Waals surface area contributed by atoms with E-state index in [1.165, 1.54) is 108 Å². The summed E-state index contributed by atoms with van der Waals surface area (Å²) < 4.78 is 46.1. The van der Waals surface area contributed by atoms with Crippen LogP contribution in [0, 0.1) is 17.5 Å². The first kappa shape index (κ1) is 92.1. The summed E-state index contributed by atoms with van der Waals surface area (Å²) in [7, 11) is 0. The van der Waals surface area contributed by atoms with Gasteiger partial charge in [0.25, 0.3) is 17.7 Å². The van der Waals surface area contributed by atoms with Crippen LogP contribution in [0.2, 0.25) is 15.1 Å². The third-order valence-corrected chi connectivity index (χ3v) is 18.7. The molecule has 121 heavy (non-hydrogen) atoms. The standard InChI is InChI=1S/C29H29ClFN7O4.C23H22ClFN8O4.C23H23ClFN5O5.C6H7N/c1-17(2)37(15-24(39)33-14-18-7-6-10-22(30)26(18)31)25(40)16-38-23-12-11-20(13-21(23)27(36-38)28(32)41)35-29(42)34-19-8-4-3-5-9-19;1-12(2)32(10-18(34)28-9-14-4-3-5-16(24)20(14)25)19(35)11-33-17-7-6-13(23(37)29-31-27)8-15(17)21(30-33)22(26)36;1-12(2)29(10-18(31)27-9-14-4-3-5-16(24)20(14)25)19(32)11-30-17-7-6-13(23(34)35)8-15(17)21(28-30)22(26)33;7-6-4-2-1-3-5-6/h3-13,17H,14-16H2,1-2H3,(H2,32,41)(H,33,39)(H2,34,35,42);3-8,12H,9-11H2,1-2H3,(H2,26,36)(H,28,34);3-8,12H,9-11H2,1-2H3,(H2,26,33)(H,27,31)(H,34,35);1-5H,7H2. The number of anilines is 3. The number of carboxylic acids is 1. The molecule has 3 aromatic heterocycles. The molecule has 0 aliphatic heterocycles. The van der Waals surface area contributed by atoms with Gasteiger partial charge >= 0.3 is 12.0 Å². The number of nitrogens with zero attached hydrogens (tertiary/aromatic N) is 12. The summed E-state index contributed by atoms with van der Waals surface area (Å²) in [6.07, 6.45) is 0. The Morgan fingerprint density at radius 2 is 0.785 bits per heavy atom. The van der Waals surface area contributed by atoms with Gasteiger partial charge in [-0.2, -0.15) is 15.3 Å². The van der Waals surface area contributed by atoms with E-state index < -0.39 is 88.5 Å². The molecule has 40 heteroatoms. The highest BCUT2D eigenvalue weighted by Gasteiger charge is 2.29. The van der Waals surface area contributed by atoms with Gasteiger partial charge in [-0.3, -0.25) is 62.0 Å². The number of hydrogen-bond donors (Lipinski definition) is 10. The number of nitrogens with two attached hydrogens (primary N) is 4. The summed E-state index contributed by atoms with van der Waals surface area (Å²) in [5, 5.41) is 38.4. The second-order valence-corrected chi connectivity index (χ2v) is 28.5. The van der Waals surface area contributed by atoms with Crippen molar-refractivity contribution < 1.29 is 75.8 Å². The van der Waals surface area contributed by atoms with E-state index in [9.17, 15) is 75.8 Å². The minimum absolute atomic E-state index is 0.00953. The first-order chi connectivity index (χ1) is 57.4. The molecular weight excluding hydrogens is 1640 g/mol. The van der Waals surface area contributed by atoms with Crippen LogP contribution in [0.15, 0.2) is 175 Å². The number of fused-ring (bicyclic) bond motifs is 3. The van der Waals surface area contributed by atoms with Crippen LogP contribution in [-0.2, 0) is 68.0 Å². The molecule has 34 nitrogen and oxygen atoms in total. The fraction of sp³-hybridized carbons (Fsp3) is 0.222. The summed E-state index contributed by atoms with van der Waals surface area (Å²) in [4.78, 5) is 155. The molecule has 12 amide bonds. The topological polar surface area (TPSA) is 501 Å². The number of amides is 12. The van der Waals surface area contributed by atoms with E-state index in [1.54, 1.807) is 96.1 Å². The monoisotopic (exact) mass is 1720 g/mol. The number of nitrogen functional groups attached to an aromatic ring is 1. The number of rotatable bonds is 28. The molecule has 0 unspecified atom stereocenters. The molecule has 8 aromatic carbocycles. The molecule has 630 valence electrons. The zero-order valence-electron chi connectivity index (χ0n) is 65.6. The normalized spacial score (nSPS) is 10.7. The van der Waals surface area contributed by atoms with Crippen molar-refractivity contribution in [3.8, 4) is 0 Å². The van der Waals surface area contributed by atoms with Gasteiger partial charge in [-0.15, -0.1) is 0 Å². The molecule has 0 fully saturated rings. The highest BCUT2D eigenvalue weighted by molar-refractivity contribution is 6.31. The van der Waals surface area contributed by atoms with Crippen LogP contribution in [-0.4, -0.2) is 158 Å². The van der Waals surface area contributed by atoms with Crippen molar-refractivity contribution in [2.75, 3.05) is 36.0 Å². The van der Waals surface area contributed by atoms with Crippen molar-refractivity contribution in [2.45, 2.75) is 98.9 Å². The number of halogens is 6. The molecule has 0 radical (unpaired) electrons. The Bertz CT molecular complexity index is 5810. The maximum atomic E-state index is 14.2. The van der Waals surface area contributed by atoms with Crippen molar-refractivity contribution in [3.63, 3.8) is 0 Å². The number of azide groups is 1. The van der Waals surface area contributed by atoms with Crippen molar-refractivity contribution in [2.24, 2.45) is 22.3 Å². The third kappa shape index (κ3) is 25.1. The van der Waals surface area contributed by atoms with Crippen LogP contribution >= 0.6 is 34.8 Å². The first-order valence-corrected chi connectivity index (χ1v) is 37.7. The fourth-order valence-electron chi connectivity index (χ4n) is 11.8. The largest absolute Gasteiger partial charge is 0.478 e. The third-order valence-electron chi connectivity index (χ3n) is 17.8. The van der Waals surface area contributed by atoms with E-state index in [0.29, 0.717) is 33.3 Å². The van der Waals surface area contributed by atoms with Gasteiger partial charge in [-0.1, -0.05) is 108 Å². The van der Waals surface area contributed by atoms with Crippen LogP contribution in [0.1, 0.15) is 110 Å². The van der Waals surface area contributed by atoms with Crippen LogP contribution in [0.4, 0.5) is 35.0 Å². The predicted octanol–water partition coefficient (Wildman–Crippen LogP) is 10.5. The average Bonchev–Trinajstić information content (AvgIpc) is 1.64. The molecule has 0 bridgehead atoms. The van der Waals surface area contributed by atoms with Crippen molar-refractivity contribution in [1.29, 1.82) is 0 Å². The van der Waals surface area contributed by atoms with E-state index in [2.05, 4.69) is 51.9 Å². The lowest BCUT2D eigenvalue weighted by Gasteiger charge is -2.26. The number of primary amides is 3. The van der Waals surface area contributed by atoms with Gasteiger partial charge < -0.3 is 69.3 Å². The Morgan fingerprint density at radius 3 is 1.12 bits per heavy atom. The van der Waals surface area contributed by atoms with Crippen LogP contribution in [0.3, 0.4) is 0 Å². The second kappa shape index (κ2) is 42.6. The number of carboxylic acid groups (broad SMARTS) is 1. The minimum atomic E-state index is -1.19. The molecule has 11 rings (SSSR count). The zero-order valence-corrected chi connectivity index (χ0v) is 67.8.